The van der Waals surface area contributed by atoms with Crippen molar-refractivity contribution in [1.29, 1.82) is 0 Å². The second-order valence-electron chi connectivity index (χ2n) is 6.76. The molecule has 0 aromatic heterocycles. The van der Waals surface area contributed by atoms with Gasteiger partial charge >= 0.3 is 0 Å². The van der Waals surface area contributed by atoms with Gasteiger partial charge in [0.25, 0.3) is 5.91 Å². The van der Waals surface area contributed by atoms with Gasteiger partial charge in [-0.15, -0.1) is 0 Å². The lowest BCUT2D eigenvalue weighted by molar-refractivity contribution is 0.0972. The van der Waals surface area contributed by atoms with Crippen molar-refractivity contribution in [3.05, 3.63) is 64.7 Å². The van der Waals surface area contributed by atoms with Crippen molar-refractivity contribution in [3.63, 3.8) is 0 Å². The predicted molar refractivity (Wildman–Crippen MR) is 91.7 cm³/mol. The summed E-state index contributed by atoms with van der Waals surface area (Å²) in [5.74, 6) is -0.832. The number of benzene rings is 2. The zero-order valence-electron chi connectivity index (χ0n) is 13.6. The molecule has 5 nitrogen and oxygen atoms in total. The number of primary amides is 1. The van der Waals surface area contributed by atoms with Crippen LogP contribution in [0.2, 0.25) is 0 Å². The van der Waals surface area contributed by atoms with Crippen LogP contribution in [0.3, 0.4) is 0 Å². The Hall–Kier alpha value is -2.37. The standard InChI is InChI=1S/C19H22N2O3/c1-19(10-13-4-2-3-5-14(13)11-19)21-17(23)9-12-6-7-16(22)15(8-12)18(20)24/h2-8,17,21-23H,9-11H2,1H3,(H2,20,24)/t17-/m1/s1. The molecule has 0 aliphatic heterocycles. The molecule has 0 bridgehead atoms. The van der Waals surface area contributed by atoms with Crippen LogP contribution < -0.4 is 11.1 Å². The number of aromatic hydroxyl groups is 1. The Kier molecular flexibility index (Phi) is 4.30. The highest BCUT2D eigenvalue weighted by Crippen LogP contribution is 2.30. The van der Waals surface area contributed by atoms with Crippen molar-refractivity contribution in [2.24, 2.45) is 5.73 Å². The largest absolute Gasteiger partial charge is 0.507 e. The Balaban J connectivity index is 1.67. The first kappa shape index (κ1) is 16.5. The van der Waals surface area contributed by atoms with Crippen LogP contribution in [0.25, 0.3) is 0 Å². The normalized spacial score (nSPS) is 16.6. The fraction of sp³-hybridized carbons (Fsp3) is 0.316. The Morgan fingerprint density at radius 1 is 1.25 bits per heavy atom. The van der Waals surface area contributed by atoms with E-state index in [0.29, 0.717) is 6.42 Å². The summed E-state index contributed by atoms with van der Waals surface area (Å²) in [5, 5.41) is 23.3. The summed E-state index contributed by atoms with van der Waals surface area (Å²) in [6.07, 6.45) is 1.30. The molecule has 1 atom stereocenters. The van der Waals surface area contributed by atoms with Crippen molar-refractivity contribution >= 4 is 5.91 Å². The highest BCUT2D eigenvalue weighted by atomic mass is 16.3. The molecule has 5 heteroatoms. The number of hydrogen-bond donors (Lipinski definition) is 4. The zero-order valence-corrected chi connectivity index (χ0v) is 13.6. The predicted octanol–water partition coefficient (Wildman–Crippen LogP) is 1.50. The minimum Gasteiger partial charge on any atom is -0.507 e. The maximum atomic E-state index is 11.3. The highest BCUT2D eigenvalue weighted by Gasteiger charge is 2.33. The van der Waals surface area contributed by atoms with Crippen LogP contribution in [0.5, 0.6) is 5.75 Å². The maximum absolute atomic E-state index is 11.3. The van der Waals surface area contributed by atoms with Crippen molar-refractivity contribution in [2.75, 3.05) is 0 Å². The first-order valence-corrected chi connectivity index (χ1v) is 8.00. The van der Waals surface area contributed by atoms with E-state index in [-0.39, 0.29) is 16.9 Å². The number of hydrogen-bond acceptors (Lipinski definition) is 4. The molecular weight excluding hydrogens is 304 g/mol. The van der Waals surface area contributed by atoms with Gasteiger partial charge in [-0.25, -0.2) is 0 Å². The molecule has 0 unspecified atom stereocenters. The fourth-order valence-corrected chi connectivity index (χ4v) is 3.49. The van der Waals surface area contributed by atoms with E-state index in [0.717, 1.165) is 18.4 Å². The Morgan fingerprint density at radius 3 is 2.46 bits per heavy atom. The van der Waals surface area contributed by atoms with Gasteiger partial charge < -0.3 is 15.9 Å². The lowest BCUT2D eigenvalue weighted by Crippen LogP contribution is -2.49. The van der Waals surface area contributed by atoms with Crippen LogP contribution >= 0.6 is 0 Å². The number of aliphatic hydroxyl groups excluding tert-OH is 1. The Morgan fingerprint density at radius 2 is 1.88 bits per heavy atom. The molecule has 126 valence electrons. The second kappa shape index (κ2) is 6.26. The summed E-state index contributed by atoms with van der Waals surface area (Å²) in [6, 6.07) is 12.9. The molecule has 1 aliphatic carbocycles. The van der Waals surface area contributed by atoms with E-state index < -0.39 is 12.1 Å². The van der Waals surface area contributed by atoms with Crippen LogP contribution in [-0.2, 0) is 19.3 Å². The van der Waals surface area contributed by atoms with Crippen molar-refractivity contribution in [3.8, 4) is 5.75 Å². The van der Waals surface area contributed by atoms with E-state index in [1.54, 1.807) is 6.07 Å². The average molecular weight is 326 g/mol. The number of nitrogens with one attached hydrogen (secondary N) is 1. The van der Waals surface area contributed by atoms with Crippen molar-refractivity contribution < 1.29 is 15.0 Å². The van der Waals surface area contributed by atoms with Crippen LogP contribution in [0, 0.1) is 0 Å². The van der Waals surface area contributed by atoms with E-state index in [1.165, 1.54) is 23.3 Å². The van der Waals surface area contributed by atoms with Gasteiger partial charge in [0.2, 0.25) is 0 Å². The van der Waals surface area contributed by atoms with Crippen LogP contribution in [0.4, 0.5) is 0 Å². The van der Waals surface area contributed by atoms with E-state index in [9.17, 15) is 15.0 Å². The molecule has 0 spiro atoms. The van der Waals surface area contributed by atoms with E-state index in [1.807, 2.05) is 12.1 Å². The summed E-state index contributed by atoms with van der Waals surface area (Å²) in [4.78, 5) is 11.3. The molecule has 0 fully saturated rings. The number of nitrogens with two attached hydrogens (primary N) is 1. The van der Waals surface area contributed by atoms with Gasteiger partial charge in [-0.05, 0) is 48.6 Å². The molecule has 5 N–H and O–H groups in total. The molecule has 0 heterocycles. The van der Waals surface area contributed by atoms with E-state index >= 15 is 0 Å². The number of fused-ring (bicyclic) bond motifs is 1. The lowest BCUT2D eigenvalue weighted by atomic mass is 9.97. The van der Waals surface area contributed by atoms with Gasteiger partial charge in [-0.2, -0.15) is 0 Å². The third kappa shape index (κ3) is 3.42. The monoisotopic (exact) mass is 326 g/mol. The van der Waals surface area contributed by atoms with Crippen LogP contribution in [0.15, 0.2) is 42.5 Å². The number of carbonyl (C=O) groups is 1. The average Bonchev–Trinajstić information content (AvgIpc) is 2.84. The summed E-state index contributed by atoms with van der Waals surface area (Å²) in [5.41, 5.74) is 8.45. The third-order valence-electron chi connectivity index (χ3n) is 4.55. The van der Waals surface area contributed by atoms with Gasteiger partial charge in [-0.1, -0.05) is 30.3 Å². The molecule has 2 aromatic rings. The number of aliphatic hydroxyl groups is 1. The molecule has 1 aliphatic rings. The number of phenols is 1. The Bertz CT molecular complexity index is 748. The summed E-state index contributed by atoms with van der Waals surface area (Å²) in [6.45, 7) is 2.10. The quantitative estimate of drug-likeness (QED) is 0.626. The minimum absolute atomic E-state index is 0.0687. The molecule has 1 amide bonds. The smallest absolute Gasteiger partial charge is 0.252 e. The molecular formula is C19H22N2O3. The highest BCUT2D eigenvalue weighted by molar-refractivity contribution is 5.95. The van der Waals surface area contributed by atoms with Gasteiger partial charge in [0.15, 0.2) is 0 Å². The van der Waals surface area contributed by atoms with E-state index in [4.69, 9.17) is 5.73 Å². The number of carbonyl (C=O) groups excluding carboxylic acids is 1. The fourth-order valence-electron chi connectivity index (χ4n) is 3.49. The zero-order chi connectivity index (χ0) is 17.3. The molecule has 0 radical (unpaired) electrons. The molecule has 3 rings (SSSR count). The first-order chi connectivity index (χ1) is 11.4. The van der Waals surface area contributed by atoms with Crippen molar-refractivity contribution in [1.82, 2.24) is 5.32 Å². The summed E-state index contributed by atoms with van der Waals surface area (Å²) >= 11 is 0. The molecule has 0 saturated heterocycles. The van der Waals surface area contributed by atoms with Crippen LogP contribution in [-0.4, -0.2) is 27.9 Å². The number of amides is 1. The van der Waals surface area contributed by atoms with Gasteiger partial charge in [0.05, 0.1) is 5.56 Å². The van der Waals surface area contributed by atoms with Gasteiger partial charge in [-0.3, -0.25) is 10.1 Å². The van der Waals surface area contributed by atoms with E-state index in [2.05, 4.69) is 24.4 Å². The molecule has 2 aromatic carbocycles. The molecule has 24 heavy (non-hydrogen) atoms. The summed E-state index contributed by atoms with van der Waals surface area (Å²) < 4.78 is 0. The van der Waals surface area contributed by atoms with Gasteiger partial charge in [0.1, 0.15) is 12.0 Å². The minimum atomic E-state index is -0.755. The SMILES string of the molecule is CC1(N[C@H](O)Cc2ccc(O)c(C(N)=O)c2)Cc2ccccc2C1. The second-order valence-corrected chi connectivity index (χ2v) is 6.76. The lowest BCUT2D eigenvalue weighted by Gasteiger charge is -2.29. The van der Waals surface area contributed by atoms with Crippen molar-refractivity contribution in [2.45, 2.75) is 38.0 Å². The first-order valence-electron chi connectivity index (χ1n) is 8.00. The number of rotatable bonds is 5. The van der Waals surface area contributed by atoms with Gasteiger partial charge in [0, 0.05) is 12.0 Å². The summed E-state index contributed by atoms with van der Waals surface area (Å²) in [7, 11) is 0. The molecule has 0 saturated carbocycles. The third-order valence-corrected chi connectivity index (χ3v) is 4.55. The Labute approximate surface area is 141 Å². The van der Waals surface area contributed by atoms with Crippen LogP contribution in [0.1, 0.15) is 34.0 Å². The topological polar surface area (TPSA) is 95.6 Å². The maximum Gasteiger partial charge on any atom is 0.252 e.